The molecule has 4 rings (SSSR count). The van der Waals surface area contributed by atoms with E-state index in [4.69, 9.17) is 9.72 Å². The molecule has 1 aliphatic rings. The SMILES string of the molecule is O=C(OCc1ccccc1)N1CCCC1c1nc(-c2ccc(Br)cc2)cs1. The topological polar surface area (TPSA) is 42.4 Å². The summed E-state index contributed by atoms with van der Waals surface area (Å²) < 4.78 is 6.57. The van der Waals surface area contributed by atoms with Gasteiger partial charge in [0.2, 0.25) is 0 Å². The zero-order valence-electron chi connectivity index (χ0n) is 14.7. The van der Waals surface area contributed by atoms with Crippen LogP contribution in [-0.2, 0) is 11.3 Å². The Balaban J connectivity index is 1.45. The van der Waals surface area contributed by atoms with Crippen LogP contribution in [0.5, 0.6) is 0 Å². The van der Waals surface area contributed by atoms with Gasteiger partial charge in [0.1, 0.15) is 11.6 Å². The van der Waals surface area contributed by atoms with Crippen molar-refractivity contribution < 1.29 is 9.53 Å². The number of carbonyl (C=O) groups is 1. The molecule has 1 amide bonds. The summed E-state index contributed by atoms with van der Waals surface area (Å²) in [7, 11) is 0. The van der Waals surface area contributed by atoms with Gasteiger partial charge in [-0.25, -0.2) is 9.78 Å². The van der Waals surface area contributed by atoms with Crippen molar-refractivity contribution in [3.63, 3.8) is 0 Å². The minimum Gasteiger partial charge on any atom is -0.445 e. The molecule has 0 bridgehead atoms. The molecular weight excluding hydrogens is 424 g/mol. The van der Waals surface area contributed by atoms with Gasteiger partial charge in [-0.05, 0) is 30.5 Å². The second-order valence-electron chi connectivity index (χ2n) is 6.47. The average molecular weight is 443 g/mol. The van der Waals surface area contributed by atoms with Crippen molar-refractivity contribution in [1.29, 1.82) is 0 Å². The molecule has 1 unspecified atom stereocenters. The van der Waals surface area contributed by atoms with Gasteiger partial charge in [-0.3, -0.25) is 4.90 Å². The van der Waals surface area contributed by atoms with Crippen molar-refractivity contribution in [2.24, 2.45) is 0 Å². The van der Waals surface area contributed by atoms with Crippen LogP contribution >= 0.6 is 27.3 Å². The van der Waals surface area contributed by atoms with Crippen LogP contribution in [0, 0.1) is 0 Å². The first-order valence-corrected chi connectivity index (χ1v) is 10.6. The molecule has 0 spiro atoms. The molecule has 0 aliphatic carbocycles. The predicted octanol–water partition coefficient (Wildman–Crippen LogP) is 6.05. The van der Waals surface area contributed by atoms with E-state index in [1.807, 2.05) is 59.5 Å². The number of aromatic nitrogens is 1. The van der Waals surface area contributed by atoms with E-state index in [1.165, 1.54) is 0 Å². The summed E-state index contributed by atoms with van der Waals surface area (Å²) in [6, 6.07) is 17.9. The lowest BCUT2D eigenvalue weighted by molar-refractivity contribution is 0.0920. The second kappa shape index (κ2) is 8.23. The molecule has 3 aromatic rings. The first kappa shape index (κ1) is 18.2. The lowest BCUT2D eigenvalue weighted by Gasteiger charge is -2.22. The Kier molecular flexibility index (Phi) is 5.55. The van der Waals surface area contributed by atoms with Gasteiger partial charge in [-0.2, -0.15) is 0 Å². The van der Waals surface area contributed by atoms with E-state index in [0.29, 0.717) is 13.2 Å². The third-order valence-electron chi connectivity index (χ3n) is 4.64. The van der Waals surface area contributed by atoms with Crippen molar-refractivity contribution in [1.82, 2.24) is 9.88 Å². The molecule has 1 saturated heterocycles. The first-order valence-electron chi connectivity index (χ1n) is 8.89. The number of rotatable bonds is 4. The maximum atomic E-state index is 12.6. The highest BCUT2D eigenvalue weighted by molar-refractivity contribution is 9.10. The number of hydrogen-bond donors (Lipinski definition) is 0. The maximum absolute atomic E-state index is 12.6. The van der Waals surface area contributed by atoms with Crippen LogP contribution in [0.15, 0.2) is 64.5 Å². The predicted molar refractivity (Wildman–Crippen MR) is 111 cm³/mol. The van der Waals surface area contributed by atoms with Gasteiger partial charge in [-0.15, -0.1) is 11.3 Å². The van der Waals surface area contributed by atoms with Gasteiger partial charge < -0.3 is 4.74 Å². The van der Waals surface area contributed by atoms with Crippen LogP contribution in [-0.4, -0.2) is 22.5 Å². The smallest absolute Gasteiger partial charge is 0.410 e. The highest BCUT2D eigenvalue weighted by Crippen LogP contribution is 2.36. The molecule has 1 aromatic heterocycles. The van der Waals surface area contributed by atoms with Crippen molar-refractivity contribution in [3.05, 3.63) is 75.0 Å². The monoisotopic (exact) mass is 442 g/mol. The number of benzene rings is 2. The fourth-order valence-electron chi connectivity index (χ4n) is 3.24. The third kappa shape index (κ3) is 4.22. The minimum absolute atomic E-state index is 0.00229. The highest BCUT2D eigenvalue weighted by atomic mass is 79.9. The Labute approximate surface area is 170 Å². The normalized spacial score (nSPS) is 16.5. The van der Waals surface area contributed by atoms with Crippen LogP contribution < -0.4 is 0 Å². The van der Waals surface area contributed by atoms with Gasteiger partial charge >= 0.3 is 6.09 Å². The van der Waals surface area contributed by atoms with Gasteiger partial charge in [0, 0.05) is 22.0 Å². The first-order chi connectivity index (χ1) is 13.2. The largest absolute Gasteiger partial charge is 0.445 e. The second-order valence-corrected chi connectivity index (χ2v) is 8.27. The number of carbonyl (C=O) groups excluding carboxylic acids is 1. The number of likely N-dealkylation sites (tertiary alicyclic amines) is 1. The number of amides is 1. The summed E-state index contributed by atoms with van der Waals surface area (Å²) in [5.74, 6) is 0. The van der Waals surface area contributed by atoms with E-state index >= 15 is 0 Å². The molecule has 1 fully saturated rings. The average Bonchev–Trinajstić information content (AvgIpc) is 3.37. The number of halogens is 1. The summed E-state index contributed by atoms with van der Waals surface area (Å²) in [4.78, 5) is 19.2. The van der Waals surface area contributed by atoms with Crippen LogP contribution in [0.4, 0.5) is 4.79 Å². The molecule has 2 aromatic carbocycles. The summed E-state index contributed by atoms with van der Waals surface area (Å²) >= 11 is 5.07. The number of nitrogens with zero attached hydrogens (tertiary/aromatic N) is 2. The summed E-state index contributed by atoms with van der Waals surface area (Å²) in [5.41, 5.74) is 3.03. The van der Waals surface area contributed by atoms with Crippen LogP contribution in [0.3, 0.4) is 0 Å². The lowest BCUT2D eigenvalue weighted by atomic mass is 10.2. The summed E-state index contributed by atoms with van der Waals surface area (Å²) in [6.45, 7) is 1.01. The number of ether oxygens (including phenoxy) is 1. The van der Waals surface area contributed by atoms with Crippen molar-refractivity contribution >= 4 is 33.4 Å². The quantitative estimate of drug-likeness (QED) is 0.493. The molecule has 6 heteroatoms. The lowest BCUT2D eigenvalue weighted by Crippen LogP contribution is -2.31. The molecule has 0 N–H and O–H groups in total. The fraction of sp³-hybridized carbons (Fsp3) is 0.238. The van der Waals surface area contributed by atoms with E-state index in [-0.39, 0.29) is 12.1 Å². The van der Waals surface area contributed by atoms with E-state index in [0.717, 1.165) is 39.1 Å². The van der Waals surface area contributed by atoms with Crippen LogP contribution in [0.1, 0.15) is 29.5 Å². The van der Waals surface area contributed by atoms with E-state index < -0.39 is 0 Å². The number of thiazole rings is 1. The minimum atomic E-state index is -0.262. The van der Waals surface area contributed by atoms with Crippen molar-refractivity contribution in [2.75, 3.05) is 6.54 Å². The van der Waals surface area contributed by atoms with E-state index in [2.05, 4.69) is 21.3 Å². The molecule has 0 saturated carbocycles. The molecule has 4 nitrogen and oxygen atoms in total. The Bertz CT molecular complexity index is 911. The molecular formula is C21H19BrN2O2S. The van der Waals surface area contributed by atoms with Crippen LogP contribution in [0.25, 0.3) is 11.3 Å². The van der Waals surface area contributed by atoms with Crippen LogP contribution in [0.2, 0.25) is 0 Å². The summed E-state index contributed by atoms with van der Waals surface area (Å²) in [5, 5.41) is 3.03. The van der Waals surface area contributed by atoms with Gasteiger partial charge in [0.15, 0.2) is 0 Å². The van der Waals surface area contributed by atoms with Crippen molar-refractivity contribution in [2.45, 2.75) is 25.5 Å². The molecule has 138 valence electrons. The van der Waals surface area contributed by atoms with Gasteiger partial charge in [-0.1, -0.05) is 58.4 Å². The standard InChI is InChI=1S/C21H19BrN2O2S/c22-17-10-8-16(9-11-17)18-14-27-20(23-18)19-7-4-12-24(19)21(25)26-13-15-5-2-1-3-6-15/h1-3,5-6,8-11,14,19H,4,7,12-13H2. The summed E-state index contributed by atoms with van der Waals surface area (Å²) in [6.07, 6.45) is 1.63. The Hall–Kier alpha value is -2.18. The molecule has 27 heavy (non-hydrogen) atoms. The maximum Gasteiger partial charge on any atom is 0.410 e. The zero-order valence-corrected chi connectivity index (χ0v) is 17.1. The highest BCUT2D eigenvalue weighted by Gasteiger charge is 2.33. The number of hydrogen-bond acceptors (Lipinski definition) is 4. The molecule has 1 aliphatic heterocycles. The van der Waals surface area contributed by atoms with Crippen molar-refractivity contribution in [3.8, 4) is 11.3 Å². The van der Waals surface area contributed by atoms with Gasteiger partial charge in [0.05, 0.1) is 11.7 Å². The molecule has 2 heterocycles. The Morgan fingerprint density at radius 1 is 1.19 bits per heavy atom. The van der Waals surface area contributed by atoms with E-state index in [1.54, 1.807) is 11.3 Å². The molecule has 0 radical (unpaired) electrons. The molecule has 1 atom stereocenters. The fourth-order valence-corrected chi connectivity index (χ4v) is 4.48. The van der Waals surface area contributed by atoms with E-state index in [9.17, 15) is 4.79 Å². The Morgan fingerprint density at radius 3 is 2.74 bits per heavy atom. The third-order valence-corrected chi connectivity index (χ3v) is 6.11. The Morgan fingerprint density at radius 2 is 1.96 bits per heavy atom. The van der Waals surface area contributed by atoms with Gasteiger partial charge in [0.25, 0.3) is 0 Å². The zero-order chi connectivity index (χ0) is 18.6.